The molecule has 0 spiro atoms. The van der Waals surface area contributed by atoms with Crippen molar-refractivity contribution in [3.8, 4) is 0 Å². The smallest absolute Gasteiger partial charge is 0.254 e. The summed E-state index contributed by atoms with van der Waals surface area (Å²) in [5.41, 5.74) is -0.428. The number of benzene rings is 2. The zero-order valence-corrected chi connectivity index (χ0v) is 17.3. The fourth-order valence-electron chi connectivity index (χ4n) is 2.98. The summed E-state index contributed by atoms with van der Waals surface area (Å²) in [6.45, 7) is 1.40. The monoisotopic (exact) mass is 431 g/mol. The lowest BCUT2D eigenvalue weighted by atomic mass is 9.90. The van der Waals surface area contributed by atoms with Gasteiger partial charge in [-0.15, -0.1) is 0 Å². The highest BCUT2D eigenvalue weighted by Gasteiger charge is 2.37. The zero-order valence-electron chi connectivity index (χ0n) is 15.8. The molecule has 2 aromatic carbocycles. The van der Waals surface area contributed by atoms with Crippen LogP contribution in [0, 0.1) is 0 Å². The Bertz CT molecular complexity index is 1070. The Hall–Kier alpha value is -2.67. The van der Waals surface area contributed by atoms with Gasteiger partial charge in [-0.1, -0.05) is 53.5 Å². The quantitative estimate of drug-likeness (QED) is 0.613. The number of carbonyl (C=O) groups is 2. The van der Waals surface area contributed by atoms with Crippen molar-refractivity contribution < 1.29 is 14.3 Å². The summed E-state index contributed by atoms with van der Waals surface area (Å²) in [5.74, 6) is -0.911. The number of fused-ring (bicyclic) bond motifs is 1. The van der Waals surface area contributed by atoms with Crippen molar-refractivity contribution >= 4 is 51.5 Å². The van der Waals surface area contributed by atoms with Crippen LogP contribution in [0.5, 0.6) is 0 Å². The highest BCUT2D eigenvalue weighted by Crippen LogP contribution is 2.31. The molecule has 0 fully saturated rings. The van der Waals surface area contributed by atoms with Crippen LogP contribution >= 0.6 is 23.2 Å². The van der Waals surface area contributed by atoms with Crippen molar-refractivity contribution in [1.29, 1.82) is 0 Å². The number of halogens is 2. The summed E-state index contributed by atoms with van der Waals surface area (Å²) in [7, 11) is 1.40. The molecule has 150 valence electrons. The van der Waals surface area contributed by atoms with Gasteiger partial charge in [0.25, 0.3) is 5.91 Å². The van der Waals surface area contributed by atoms with Gasteiger partial charge in [-0.2, -0.15) is 0 Å². The van der Waals surface area contributed by atoms with Crippen molar-refractivity contribution in [2.45, 2.75) is 12.5 Å². The molecule has 3 aromatic rings. The Labute approximate surface area is 178 Å². The first kappa shape index (κ1) is 21.0. The van der Waals surface area contributed by atoms with Gasteiger partial charge in [0.1, 0.15) is 12.1 Å². The molecule has 0 radical (unpaired) electrons. The molecule has 29 heavy (non-hydrogen) atoms. The van der Waals surface area contributed by atoms with Crippen molar-refractivity contribution in [2.75, 3.05) is 19.0 Å². The van der Waals surface area contributed by atoms with Crippen LogP contribution in [-0.4, -0.2) is 30.5 Å². The summed E-state index contributed by atoms with van der Waals surface area (Å²) in [6.07, 6.45) is 3.27. The second kappa shape index (κ2) is 8.78. The number of pyridine rings is 1. The molecule has 0 aliphatic heterocycles. The van der Waals surface area contributed by atoms with Crippen LogP contribution in [0.25, 0.3) is 10.8 Å². The van der Waals surface area contributed by atoms with Crippen LogP contribution in [0.2, 0.25) is 10.0 Å². The molecule has 0 bridgehead atoms. The van der Waals surface area contributed by atoms with E-state index >= 15 is 0 Å². The van der Waals surface area contributed by atoms with Gasteiger partial charge in [0.2, 0.25) is 5.91 Å². The fourth-order valence-corrected chi connectivity index (χ4v) is 3.27. The third-order valence-electron chi connectivity index (χ3n) is 4.53. The van der Waals surface area contributed by atoms with Crippen LogP contribution in [0.4, 0.5) is 5.69 Å². The molecule has 1 atom stereocenters. The molecule has 0 saturated heterocycles. The molecule has 1 aromatic heterocycles. The number of methoxy groups -OCH3 is 1. The molecule has 2 amide bonds. The number of anilines is 1. The lowest BCUT2D eigenvalue weighted by Crippen LogP contribution is -2.53. The van der Waals surface area contributed by atoms with E-state index in [1.807, 2.05) is 24.3 Å². The first-order valence-electron chi connectivity index (χ1n) is 8.75. The van der Waals surface area contributed by atoms with Crippen LogP contribution in [0.1, 0.15) is 12.5 Å². The summed E-state index contributed by atoms with van der Waals surface area (Å²) < 4.78 is 4.88. The van der Waals surface area contributed by atoms with E-state index in [2.05, 4.69) is 15.6 Å². The Morgan fingerprint density at radius 1 is 1.10 bits per heavy atom. The molecule has 0 unspecified atom stereocenters. The van der Waals surface area contributed by atoms with Gasteiger partial charge in [-0.05, 0) is 24.6 Å². The minimum atomic E-state index is -1.43. The van der Waals surface area contributed by atoms with Crippen LogP contribution < -0.4 is 10.6 Å². The summed E-state index contributed by atoms with van der Waals surface area (Å²) >= 11 is 12.2. The van der Waals surface area contributed by atoms with E-state index in [0.717, 1.165) is 10.8 Å². The number of nitrogens with one attached hydrogen (secondary N) is 2. The maximum Gasteiger partial charge on any atom is 0.254 e. The van der Waals surface area contributed by atoms with E-state index in [4.69, 9.17) is 27.9 Å². The summed E-state index contributed by atoms with van der Waals surface area (Å²) in [4.78, 5) is 29.8. The Morgan fingerprint density at radius 3 is 2.59 bits per heavy atom. The largest absolute Gasteiger partial charge is 0.375 e. The lowest BCUT2D eigenvalue weighted by Gasteiger charge is -2.30. The maximum absolute atomic E-state index is 13.3. The number of hydrogen-bond acceptors (Lipinski definition) is 4. The number of rotatable bonds is 6. The van der Waals surface area contributed by atoms with Gasteiger partial charge in [0.05, 0.1) is 21.9 Å². The Kier molecular flexibility index (Phi) is 6.37. The number of aromatic nitrogens is 1. The second-order valence-corrected chi connectivity index (χ2v) is 7.41. The van der Waals surface area contributed by atoms with Gasteiger partial charge >= 0.3 is 0 Å². The van der Waals surface area contributed by atoms with Crippen LogP contribution in [0.3, 0.4) is 0 Å². The molecular weight excluding hydrogens is 413 g/mol. The molecule has 0 saturated carbocycles. The van der Waals surface area contributed by atoms with E-state index in [-0.39, 0.29) is 11.6 Å². The number of nitrogens with zero attached hydrogens (tertiary/aromatic N) is 1. The fraction of sp³-hybridized carbons (Fsp3) is 0.190. The molecule has 8 heteroatoms. The van der Waals surface area contributed by atoms with Crippen molar-refractivity contribution in [3.63, 3.8) is 0 Å². The molecule has 6 nitrogen and oxygen atoms in total. The van der Waals surface area contributed by atoms with Gasteiger partial charge in [-0.3, -0.25) is 14.6 Å². The molecular formula is C21H19Cl2N3O3. The minimum absolute atomic E-state index is 0.194. The second-order valence-electron chi connectivity index (χ2n) is 6.60. The summed E-state index contributed by atoms with van der Waals surface area (Å²) in [6, 6.07) is 12.3. The topological polar surface area (TPSA) is 80.3 Å². The molecule has 3 rings (SSSR count). The number of carbonyl (C=O) groups excluding carboxylic acids is 2. The third kappa shape index (κ3) is 4.50. The van der Waals surface area contributed by atoms with Crippen molar-refractivity contribution in [1.82, 2.24) is 10.3 Å². The van der Waals surface area contributed by atoms with Crippen molar-refractivity contribution in [3.05, 3.63) is 70.5 Å². The highest BCUT2D eigenvalue weighted by molar-refractivity contribution is 6.42. The van der Waals surface area contributed by atoms with E-state index in [0.29, 0.717) is 16.3 Å². The first-order valence-corrected chi connectivity index (χ1v) is 9.50. The third-order valence-corrected chi connectivity index (χ3v) is 5.27. The van der Waals surface area contributed by atoms with Gasteiger partial charge in [0, 0.05) is 24.1 Å². The molecule has 0 aliphatic carbocycles. The standard InChI is InChI=1S/C21H19Cl2N3O3/c1-21(26-19(27)12-29-2,14-7-8-16(22)17(23)9-14)20(28)25-18-11-24-10-13-5-3-4-6-15(13)18/h3-11H,12H2,1-2H3,(H,25,28)(H,26,27)/t21-/m1/s1. The van der Waals surface area contributed by atoms with Crippen LogP contribution in [-0.2, 0) is 19.9 Å². The normalized spacial score (nSPS) is 13.0. The Morgan fingerprint density at radius 2 is 1.86 bits per heavy atom. The van der Waals surface area contributed by atoms with E-state index < -0.39 is 17.4 Å². The van der Waals surface area contributed by atoms with Gasteiger partial charge in [-0.25, -0.2) is 0 Å². The van der Waals surface area contributed by atoms with Gasteiger partial charge in [0.15, 0.2) is 0 Å². The van der Waals surface area contributed by atoms with E-state index in [9.17, 15) is 9.59 Å². The van der Waals surface area contributed by atoms with Gasteiger partial charge < -0.3 is 15.4 Å². The molecule has 1 heterocycles. The molecule has 2 N–H and O–H groups in total. The predicted molar refractivity (Wildman–Crippen MR) is 114 cm³/mol. The van der Waals surface area contributed by atoms with E-state index in [1.54, 1.807) is 37.5 Å². The van der Waals surface area contributed by atoms with E-state index in [1.165, 1.54) is 7.11 Å². The number of amides is 2. The summed E-state index contributed by atoms with van der Waals surface area (Å²) in [5, 5.41) is 7.93. The average Bonchev–Trinajstić information content (AvgIpc) is 2.70. The average molecular weight is 432 g/mol. The number of hydrogen-bond donors (Lipinski definition) is 2. The zero-order chi connectivity index (χ0) is 21.0. The first-order chi connectivity index (χ1) is 13.8. The maximum atomic E-state index is 13.3. The SMILES string of the molecule is COCC(=O)N[C@@](C)(C(=O)Nc1cncc2ccccc12)c1ccc(Cl)c(Cl)c1. The van der Waals surface area contributed by atoms with Crippen LogP contribution in [0.15, 0.2) is 54.9 Å². The number of ether oxygens (including phenoxy) is 1. The predicted octanol–water partition coefficient (Wildman–Crippen LogP) is 4.16. The molecule has 0 aliphatic rings. The Balaban J connectivity index is 2.01. The highest BCUT2D eigenvalue weighted by atomic mass is 35.5. The lowest BCUT2D eigenvalue weighted by molar-refractivity contribution is -0.132. The minimum Gasteiger partial charge on any atom is -0.375 e. The van der Waals surface area contributed by atoms with Crippen molar-refractivity contribution in [2.24, 2.45) is 0 Å².